The van der Waals surface area contributed by atoms with Gasteiger partial charge >= 0.3 is 0 Å². The zero-order valence-corrected chi connectivity index (χ0v) is 11.9. The fourth-order valence-corrected chi connectivity index (χ4v) is 3.65. The van der Waals surface area contributed by atoms with E-state index in [9.17, 15) is 4.79 Å². The van der Waals surface area contributed by atoms with Crippen molar-refractivity contribution < 1.29 is 4.79 Å². The lowest BCUT2D eigenvalue weighted by Crippen LogP contribution is -2.39. The number of aromatic nitrogens is 2. The maximum absolute atomic E-state index is 11.4. The summed E-state index contributed by atoms with van der Waals surface area (Å²) >= 11 is 0. The molecule has 2 aliphatic heterocycles. The first kappa shape index (κ1) is 12.7. The first-order valence-electron chi connectivity index (χ1n) is 7.12. The molecule has 0 radical (unpaired) electrons. The Bertz CT molecular complexity index is 500. The van der Waals surface area contributed by atoms with E-state index in [0.29, 0.717) is 23.6 Å². The third-order valence-corrected chi connectivity index (χ3v) is 4.84. The van der Waals surface area contributed by atoms with Crippen molar-refractivity contribution in [3.8, 4) is 0 Å². The molecule has 1 aromatic heterocycles. The highest BCUT2D eigenvalue weighted by Gasteiger charge is 2.39. The average Bonchev–Trinajstić information content (AvgIpc) is 2.61. The molecule has 0 N–H and O–H groups in total. The number of nitrogens with zero attached hydrogens (tertiary/aromatic N) is 3. The first-order chi connectivity index (χ1) is 9.06. The number of carbonyl (C=O) groups is 1. The number of hydrogen-bond acceptors (Lipinski definition) is 4. The minimum Gasteiger partial charge on any atom is -0.300 e. The number of carbonyl (C=O) groups excluding carboxylic acids is 1. The Kier molecular flexibility index (Phi) is 3.13. The Balaban J connectivity index is 1.84. The maximum atomic E-state index is 11.4. The zero-order chi connectivity index (χ0) is 13.6. The fourth-order valence-electron chi connectivity index (χ4n) is 3.65. The summed E-state index contributed by atoms with van der Waals surface area (Å²) in [6, 6.07) is 1.39. The van der Waals surface area contributed by atoms with Crippen molar-refractivity contribution in [3.05, 3.63) is 23.3 Å². The Labute approximate surface area is 114 Å². The summed E-state index contributed by atoms with van der Waals surface area (Å²) in [5.74, 6) is 1.45. The van der Waals surface area contributed by atoms with Gasteiger partial charge in [-0.3, -0.25) is 4.79 Å². The summed E-state index contributed by atoms with van der Waals surface area (Å²) in [6.07, 6.45) is 6.64. The molecule has 102 valence electrons. The molecule has 0 saturated carbocycles. The minimum atomic E-state index is 0.0486. The van der Waals surface area contributed by atoms with Gasteiger partial charge in [0.05, 0.1) is 11.3 Å². The third-order valence-electron chi connectivity index (χ3n) is 4.84. The van der Waals surface area contributed by atoms with Gasteiger partial charge in [-0.05, 0) is 46.6 Å². The number of Topliss-reactive ketones (excluding diaryl/α,β-unsaturated/α-hetero) is 1. The van der Waals surface area contributed by atoms with Crippen LogP contribution in [0.4, 0.5) is 0 Å². The predicted molar refractivity (Wildman–Crippen MR) is 73.3 cm³/mol. The van der Waals surface area contributed by atoms with Gasteiger partial charge in [0, 0.05) is 24.2 Å². The predicted octanol–water partition coefficient (Wildman–Crippen LogP) is 2.33. The summed E-state index contributed by atoms with van der Waals surface area (Å²) in [5.41, 5.74) is 1.48. The number of piperidine rings is 1. The highest BCUT2D eigenvalue weighted by Crippen LogP contribution is 2.41. The van der Waals surface area contributed by atoms with Crippen LogP contribution in [0.15, 0.2) is 6.20 Å². The number of ketones is 1. The van der Waals surface area contributed by atoms with E-state index < -0.39 is 0 Å². The van der Waals surface area contributed by atoms with Crippen molar-refractivity contribution in [2.24, 2.45) is 0 Å². The molecule has 2 unspecified atom stereocenters. The molecule has 2 fully saturated rings. The van der Waals surface area contributed by atoms with Gasteiger partial charge in [0.15, 0.2) is 5.78 Å². The summed E-state index contributed by atoms with van der Waals surface area (Å²) in [4.78, 5) is 23.0. The smallest absolute Gasteiger partial charge is 0.163 e. The van der Waals surface area contributed by atoms with Crippen LogP contribution in [0.5, 0.6) is 0 Å². The second-order valence-corrected chi connectivity index (χ2v) is 6.00. The van der Waals surface area contributed by atoms with Crippen molar-refractivity contribution >= 4 is 5.78 Å². The first-order valence-corrected chi connectivity index (χ1v) is 7.12. The second-order valence-electron chi connectivity index (χ2n) is 6.00. The summed E-state index contributed by atoms with van der Waals surface area (Å²) in [5, 5.41) is 0. The van der Waals surface area contributed by atoms with Gasteiger partial charge in [0.1, 0.15) is 5.82 Å². The maximum Gasteiger partial charge on any atom is 0.163 e. The minimum absolute atomic E-state index is 0.0486. The largest absolute Gasteiger partial charge is 0.300 e. The van der Waals surface area contributed by atoms with Gasteiger partial charge < -0.3 is 4.90 Å². The third kappa shape index (κ3) is 2.18. The molecule has 0 aliphatic carbocycles. The van der Waals surface area contributed by atoms with Crippen molar-refractivity contribution in [1.29, 1.82) is 0 Å². The Morgan fingerprint density at radius 2 is 1.95 bits per heavy atom. The van der Waals surface area contributed by atoms with Gasteiger partial charge in [-0.1, -0.05) is 0 Å². The molecule has 2 bridgehead atoms. The van der Waals surface area contributed by atoms with Gasteiger partial charge in [0.25, 0.3) is 0 Å². The molecule has 0 amide bonds. The van der Waals surface area contributed by atoms with Gasteiger partial charge in [-0.2, -0.15) is 0 Å². The van der Waals surface area contributed by atoms with E-state index >= 15 is 0 Å². The lowest BCUT2D eigenvalue weighted by molar-refractivity contribution is 0.101. The van der Waals surface area contributed by atoms with Crippen molar-refractivity contribution in [2.75, 3.05) is 7.05 Å². The van der Waals surface area contributed by atoms with Crippen LogP contribution in [0.1, 0.15) is 60.4 Å². The Morgan fingerprint density at radius 1 is 1.32 bits per heavy atom. The summed E-state index contributed by atoms with van der Waals surface area (Å²) in [7, 11) is 2.24. The molecular formula is C15H21N3O. The van der Waals surface area contributed by atoms with Crippen LogP contribution < -0.4 is 0 Å². The molecule has 2 atom stereocenters. The molecular weight excluding hydrogens is 238 g/mol. The van der Waals surface area contributed by atoms with E-state index in [0.717, 1.165) is 24.4 Å². The van der Waals surface area contributed by atoms with Crippen molar-refractivity contribution in [1.82, 2.24) is 14.9 Å². The molecule has 2 saturated heterocycles. The molecule has 2 aliphatic rings. The van der Waals surface area contributed by atoms with E-state index in [1.807, 2.05) is 6.92 Å². The average molecular weight is 259 g/mol. The van der Waals surface area contributed by atoms with Gasteiger partial charge in [-0.25, -0.2) is 9.97 Å². The van der Waals surface area contributed by atoms with Crippen LogP contribution >= 0.6 is 0 Å². The van der Waals surface area contributed by atoms with Gasteiger partial charge in [0.2, 0.25) is 0 Å². The Morgan fingerprint density at radius 3 is 2.47 bits per heavy atom. The van der Waals surface area contributed by atoms with Crippen molar-refractivity contribution in [3.63, 3.8) is 0 Å². The van der Waals surface area contributed by atoms with E-state index in [1.54, 1.807) is 13.1 Å². The number of rotatable bonds is 2. The Hall–Kier alpha value is -1.29. The molecule has 3 rings (SSSR count). The SMILES string of the molecule is CC(=O)c1cnc(C2CC3CCC(C2)N3C)nc1C. The van der Waals surface area contributed by atoms with E-state index in [1.165, 1.54) is 12.8 Å². The molecule has 0 spiro atoms. The normalized spacial score (nSPS) is 30.6. The van der Waals surface area contributed by atoms with Crippen LogP contribution in [0.25, 0.3) is 0 Å². The standard InChI is InChI=1S/C15H21N3O/c1-9-14(10(2)19)8-16-15(17-9)11-6-12-4-5-13(7-11)18(12)3/h8,11-13H,4-7H2,1-3H3. The van der Waals surface area contributed by atoms with E-state index in [4.69, 9.17) is 0 Å². The lowest BCUT2D eigenvalue weighted by atomic mass is 9.90. The summed E-state index contributed by atoms with van der Waals surface area (Å²) in [6.45, 7) is 3.48. The van der Waals surface area contributed by atoms with Crippen LogP contribution in [-0.4, -0.2) is 39.8 Å². The molecule has 4 nitrogen and oxygen atoms in total. The number of hydrogen-bond donors (Lipinski definition) is 0. The van der Waals surface area contributed by atoms with Crippen LogP contribution in [0.2, 0.25) is 0 Å². The van der Waals surface area contributed by atoms with E-state index in [2.05, 4.69) is 21.9 Å². The second kappa shape index (κ2) is 4.67. The quantitative estimate of drug-likeness (QED) is 0.765. The molecule has 1 aromatic rings. The zero-order valence-electron chi connectivity index (χ0n) is 11.9. The number of fused-ring (bicyclic) bond motifs is 2. The fraction of sp³-hybridized carbons (Fsp3) is 0.667. The molecule has 4 heteroatoms. The highest BCUT2D eigenvalue weighted by atomic mass is 16.1. The summed E-state index contributed by atoms with van der Waals surface area (Å²) < 4.78 is 0. The highest BCUT2D eigenvalue weighted by molar-refractivity contribution is 5.94. The molecule has 3 heterocycles. The number of aryl methyl sites for hydroxylation is 1. The van der Waals surface area contributed by atoms with Crippen LogP contribution in [0, 0.1) is 6.92 Å². The molecule has 19 heavy (non-hydrogen) atoms. The van der Waals surface area contributed by atoms with Gasteiger partial charge in [-0.15, -0.1) is 0 Å². The lowest BCUT2D eigenvalue weighted by Gasteiger charge is -2.35. The van der Waals surface area contributed by atoms with Crippen LogP contribution in [-0.2, 0) is 0 Å². The van der Waals surface area contributed by atoms with E-state index in [-0.39, 0.29) is 5.78 Å². The van der Waals surface area contributed by atoms with Crippen LogP contribution in [0.3, 0.4) is 0 Å². The molecule has 0 aromatic carbocycles. The van der Waals surface area contributed by atoms with Crippen molar-refractivity contribution in [2.45, 2.75) is 57.5 Å². The topological polar surface area (TPSA) is 46.1 Å². The monoisotopic (exact) mass is 259 g/mol.